The summed E-state index contributed by atoms with van der Waals surface area (Å²) in [4.78, 5) is 9.40. The third kappa shape index (κ3) is 2.80. The molecule has 0 saturated carbocycles. The van der Waals surface area contributed by atoms with Gasteiger partial charge in [0.25, 0.3) is 0 Å². The Balaban J connectivity index is 1.91. The Hall–Kier alpha value is -3.60. The Labute approximate surface area is 151 Å². The van der Waals surface area contributed by atoms with Crippen molar-refractivity contribution in [2.75, 3.05) is 18.6 Å². The van der Waals surface area contributed by atoms with Crippen LogP contribution >= 0.6 is 0 Å². The lowest BCUT2D eigenvalue weighted by Gasteiger charge is -2.11. The predicted octanol–water partition coefficient (Wildman–Crippen LogP) is 4.14. The van der Waals surface area contributed by atoms with Gasteiger partial charge in [0.15, 0.2) is 5.82 Å². The first kappa shape index (κ1) is 15.9. The molecule has 0 aliphatic rings. The number of anilines is 2. The predicted molar refractivity (Wildman–Crippen MR) is 106 cm³/mol. The SMILES string of the molecule is COc1ccc(-c2nc3c(-c4ccc(N)cc4)cccc3nc2N)cc1. The molecule has 0 bridgehead atoms. The van der Waals surface area contributed by atoms with E-state index in [1.54, 1.807) is 7.11 Å². The zero-order chi connectivity index (χ0) is 18.1. The van der Waals surface area contributed by atoms with Gasteiger partial charge in [-0.2, -0.15) is 0 Å². The number of rotatable bonds is 3. The number of nitrogens with two attached hydrogens (primary N) is 2. The molecule has 4 rings (SSSR count). The number of hydrogen-bond acceptors (Lipinski definition) is 5. The van der Waals surface area contributed by atoms with E-state index >= 15 is 0 Å². The van der Waals surface area contributed by atoms with Crippen molar-refractivity contribution in [3.05, 3.63) is 66.7 Å². The van der Waals surface area contributed by atoms with Crippen LogP contribution in [-0.4, -0.2) is 17.1 Å². The van der Waals surface area contributed by atoms with E-state index in [1.807, 2.05) is 66.7 Å². The molecule has 0 amide bonds. The molecule has 1 aromatic heterocycles. The number of nitrogens with zero attached hydrogens (tertiary/aromatic N) is 2. The largest absolute Gasteiger partial charge is 0.497 e. The van der Waals surface area contributed by atoms with Gasteiger partial charge in [0.05, 0.1) is 18.1 Å². The molecule has 128 valence electrons. The van der Waals surface area contributed by atoms with Crippen molar-refractivity contribution < 1.29 is 4.74 Å². The van der Waals surface area contributed by atoms with Crippen LogP contribution in [-0.2, 0) is 0 Å². The molecule has 4 N–H and O–H groups in total. The molecule has 0 saturated heterocycles. The van der Waals surface area contributed by atoms with E-state index in [4.69, 9.17) is 21.2 Å². The van der Waals surface area contributed by atoms with Crippen molar-refractivity contribution >= 4 is 22.5 Å². The minimum absolute atomic E-state index is 0.400. The van der Waals surface area contributed by atoms with E-state index in [0.29, 0.717) is 11.5 Å². The van der Waals surface area contributed by atoms with Crippen LogP contribution in [0, 0.1) is 0 Å². The maximum Gasteiger partial charge on any atom is 0.150 e. The van der Waals surface area contributed by atoms with Crippen LogP contribution in [0.3, 0.4) is 0 Å². The van der Waals surface area contributed by atoms with E-state index in [9.17, 15) is 0 Å². The van der Waals surface area contributed by atoms with Gasteiger partial charge in [-0.1, -0.05) is 24.3 Å². The van der Waals surface area contributed by atoms with Crippen LogP contribution in [0.4, 0.5) is 11.5 Å². The third-order valence-electron chi connectivity index (χ3n) is 4.31. The summed E-state index contributed by atoms with van der Waals surface area (Å²) in [5.41, 5.74) is 17.8. The highest BCUT2D eigenvalue weighted by Gasteiger charge is 2.12. The zero-order valence-corrected chi connectivity index (χ0v) is 14.3. The number of para-hydroxylation sites is 1. The van der Waals surface area contributed by atoms with E-state index in [1.165, 1.54) is 0 Å². The molecule has 3 aromatic carbocycles. The smallest absolute Gasteiger partial charge is 0.150 e. The van der Waals surface area contributed by atoms with Crippen LogP contribution < -0.4 is 16.2 Å². The minimum atomic E-state index is 0.400. The summed E-state index contributed by atoms with van der Waals surface area (Å²) < 4.78 is 5.21. The fraction of sp³-hybridized carbons (Fsp3) is 0.0476. The first-order valence-corrected chi connectivity index (χ1v) is 8.22. The molecule has 26 heavy (non-hydrogen) atoms. The Bertz CT molecular complexity index is 1070. The Morgan fingerprint density at radius 1 is 0.769 bits per heavy atom. The lowest BCUT2D eigenvalue weighted by Crippen LogP contribution is -1.99. The average Bonchev–Trinajstić information content (AvgIpc) is 2.68. The summed E-state index contributed by atoms with van der Waals surface area (Å²) in [5, 5.41) is 0. The summed E-state index contributed by atoms with van der Waals surface area (Å²) in [5.74, 6) is 1.18. The highest BCUT2D eigenvalue weighted by Crippen LogP contribution is 2.32. The van der Waals surface area contributed by atoms with E-state index in [2.05, 4.69) is 4.98 Å². The zero-order valence-electron chi connectivity index (χ0n) is 14.3. The Morgan fingerprint density at radius 2 is 1.46 bits per heavy atom. The lowest BCUT2D eigenvalue weighted by molar-refractivity contribution is 0.415. The minimum Gasteiger partial charge on any atom is -0.497 e. The number of hydrogen-bond donors (Lipinski definition) is 2. The van der Waals surface area contributed by atoms with Crippen molar-refractivity contribution in [1.82, 2.24) is 9.97 Å². The summed E-state index contributed by atoms with van der Waals surface area (Å²) in [6, 6.07) is 21.2. The molecular weight excluding hydrogens is 324 g/mol. The molecule has 4 aromatic rings. The number of ether oxygens (including phenoxy) is 1. The molecule has 0 radical (unpaired) electrons. The molecule has 5 nitrogen and oxygen atoms in total. The molecule has 5 heteroatoms. The lowest BCUT2D eigenvalue weighted by atomic mass is 10.0. The number of benzene rings is 3. The van der Waals surface area contributed by atoms with Crippen LogP contribution in [0.25, 0.3) is 33.4 Å². The summed E-state index contributed by atoms with van der Waals surface area (Å²) in [6.07, 6.45) is 0. The first-order chi connectivity index (χ1) is 12.7. The topological polar surface area (TPSA) is 87.0 Å². The van der Waals surface area contributed by atoms with Gasteiger partial charge in [-0.25, -0.2) is 9.97 Å². The maximum absolute atomic E-state index is 6.18. The fourth-order valence-electron chi connectivity index (χ4n) is 2.95. The molecular formula is C21H18N4O. The van der Waals surface area contributed by atoms with Crippen molar-refractivity contribution in [2.24, 2.45) is 0 Å². The second-order valence-corrected chi connectivity index (χ2v) is 5.98. The van der Waals surface area contributed by atoms with Crippen molar-refractivity contribution in [1.29, 1.82) is 0 Å². The molecule has 1 heterocycles. The van der Waals surface area contributed by atoms with Crippen LogP contribution in [0.2, 0.25) is 0 Å². The monoisotopic (exact) mass is 342 g/mol. The molecule has 0 atom stereocenters. The summed E-state index contributed by atoms with van der Waals surface area (Å²) >= 11 is 0. The van der Waals surface area contributed by atoms with Gasteiger partial charge in [-0.15, -0.1) is 0 Å². The Morgan fingerprint density at radius 3 is 2.15 bits per heavy atom. The Kier molecular flexibility index (Phi) is 3.89. The molecule has 0 spiro atoms. The second-order valence-electron chi connectivity index (χ2n) is 5.98. The van der Waals surface area contributed by atoms with Gasteiger partial charge in [0, 0.05) is 16.8 Å². The highest BCUT2D eigenvalue weighted by molar-refractivity contribution is 5.94. The summed E-state index contributed by atoms with van der Waals surface area (Å²) in [6.45, 7) is 0. The number of fused-ring (bicyclic) bond motifs is 1. The standard InChI is InChI=1S/C21H18N4O/c1-26-16-11-7-14(8-12-16)19-21(23)24-18-4-2-3-17(20(18)25-19)13-5-9-15(22)10-6-13/h2-12H,22H2,1H3,(H2,23,24). The average molecular weight is 342 g/mol. The van der Waals surface area contributed by atoms with Gasteiger partial charge in [0.1, 0.15) is 11.4 Å². The molecule has 0 aliphatic heterocycles. The quantitative estimate of drug-likeness (QED) is 0.546. The van der Waals surface area contributed by atoms with Gasteiger partial charge in [-0.3, -0.25) is 0 Å². The molecule has 0 fully saturated rings. The van der Waals surface area contributed by atoms with E-state index < -0.39 is 0 Å². The number of aromatic nitrogens is 2. The van der Waals surface area contributed by atoms with Gasteiger partial charge in [0.2, 0.25) is 0 Å². The van der Waals surface area contributed by atoms with Crippen LogP contribution in [0.15, 0.2) is 66.7 Å². The van der Waals surface area contributed by atoms with Gasteiger partial charge < -0.3 is 16.2 Å². The normalized spacial score (nSPS) is 10.8. The fourth-order valence-corrected chi connectivity index (χ4v) is 2.95. The number of methoxy groups -OCH3 is 1. The van der Waals surface area contributed by atoms with Gasteiger partial charge >= 0.3 is 0 Å². The maximum atomic E-state index is 6.18. The molecule has 0 unspecified atom stereocenters. The van der Waals surface area contributed by atoms with Crippen LogP contribution in [0.5, 0.6) is 5.75 Å². The van der Waals surface area contributed by atoms with E-state index in [0.717, 1.165) is 39.2 Å². The highest BCUT2D eigenvalue weighted by atomic mass is 16.5. The van der Waals surface area contributed by atoms with E-state index in [-0.39, 0.29) is 0 Å². The van der Waals surface area contributed by atoms with Crippen molar-refractivity contribution in [3.63, 3.8) is 0 Å². The van der Waals surface area contributed by atoms with Crippen molar-refractivity contribution in [3.8, 4) is 28.1 Å². The van der Waals surface area contributed by atoms with Gasteiger partial charge in [-0.05, 0) is 48.0 Å². The first-order valence-electron chi connectivity index (χ1n) is 8.22. The molecule has 0 aliphatic carbocycles. The summed E-state index contributed by atoms with van der Waals surface area (Å²) in [7, 11) is 1.64. The number of nitrogen functional groups attached to an aromatic ring is 2. The van der Waals surface area contributed by atoms with Crippen molar-refractivity contribution in [2.45, 2.75) is 0 Å². The third-order valence-corrected chi connectivity index (χ3v) is 4.31. The van der Waals surface area contributed by atoms with Crippen LogP contribution in [0.1, 0.15) is 0 Å². The second kappa shape index (κ2) is 6.37.